The molecule has 0 saturated carbocycles. The fourth-order valence-corrected chi connectivity index (χ4v) is 15.8. The number of ether oxygens (including phenoxy) is 4. The molecule has 4 aliphatic carbocycles. The number of fused-ring (bicyclic) bond motifs is 20. The van der Waals surface area contributed by atoms with Crippen molar-refractivity contribution >= 4 is 0 Å². The zero-order chi connectivity index (χ0) is 60.4. The van der Waals surface area contributed by atoms with E-state index in [1.54, 1.807) is 48.5 Å². The maximum absolute atomic E-state index is 13.8. The summed E-state index contributed by atoms with van der Waals surface area (Å²) in [7, 11) is 7.77. The van der Waals surface area contributed by atoms with Crippen molar-refractivity contribution in [2.24, 2.45) is 0 Å². The maximum Gasteiger partial charge on any atom is 0.123 e. The molecule has 4 fully saturated rings. The van der Waals surface area contributed by atoms with Gasteiger partial charge in [0.1, 0.15) is 23.3 Å². The smallest absolute Gasteiger partial charge is 0.123 e. The highest BCUT2D eigenvalue weighted by Crippen LogP contribution is 2.53. The minimum Gasteiger partial charge on any atom is -0.368 e. The van der Waals surface area contributed by atoms with E-state index in [1.807, 2.05) is 52.5 Å². The fourth-order valence-electron chi connectivity index (χ4n) is 15.8. The van der Waals surface area contributed by atoms with Gasteiger partial charge >= 0.3 is 0 Å². The van der Waals surface area contributed by atoms with Crippen LogP contribution in [0.5, 0.6) is 0 Å². The van der Waals surface area contributed by atoms with E-state index in [0.29, 0.717) is 23.7 Å². The first-order chi connectivity index (χ1) is 43.0. The Morgan fingerprint density at radius 1 is 0.292 bits per heavy atom. The topological polar surface area (TPSA) is 85.0 Å². The molecular weight excluding hydrogens is 1120 g/mol. The van der Waals surface area contributed by atoms with E-state index in [1.165, 1.54) is 66.8 Å². The predicted molar refractivity (Wildman–Crippen MR) is 345 cm³/mol. The molecule has 8 aromatic carbocycles. The molecule has 0 bridgehead atoms. The van der Waals surface area contributed by atoms with Gasteiger partial charge in [-0.15, -0.1) is 0 Å². The van der Waals surface area contributed by atoms with Gasteiger partial charge in [0, 0.05) is 49.9 Å². The lowest BCUT2D eigenvalue weighted by Crippen LogP contribution is -2.23. The molecule has 4 aliphatic heterocycles. The van der Waals surface area contributed by atoms with Gasteiger partial charge in [-0.05, 0) is 217 Å². The molecule has 4 saturated heterocycles. The molecule has 0 aromatic heterocycles. The third-order valence-electron chi connectivity index (χ3n) is 19.6. The molecule has 8 nitrogen and oxygen atoms in total. The zero-order valence-corrected chi connectivity index (χ0v) is 50.7. The van der Waals surface area contributed by atoms with Crippen LogP contribution < -0.4 is 21.3 Å². The number of halogens is 4. The number of likely N-dealkylation sites (N-methyl/N-ethyl adjacent to an activating group) is 4. The second-order valence-electron chi connectivity index (χ2n) is 25.2. The third kappa shape index (κ3) is 13.1. The predicted octanol–water partition coefficient (Wildman–Crippen LogP) is 14.9. The zero-order valence-electron chi connectivity index (χ0n) is 50.7. The van der Waals surface area contributed by atoms with Gasteiger partial charge in [0.15, 0.2) is 0 Å². The fraction of sp³-hybridized carbons (Fsp3) is 0.377. The molecule has 4 heterocycles. The van der Waals surface area contributed by atoms with Crippen LogP contribution in [0.3, 0.4) is 0 Å². The lowest BCUT2D eigenvalue weighted by molar-refractivity contribution is 0.0416. The van der Waals surface area contributed by atoms with E-state index in [2.05, 4.69) is 118 Å². The Bertz CT molecular complexity index is 3280. The summed E-state index contributed by atoms with van der Waals surface area (Å²) in [5.41, 5.74) is 19.7. The molecule has 89 heavy (non-hydrogen) atoms. The largest absolute Gasteiger partial charge is 0.368 e. The van der Waals surface area contributed by atoms with Crippen LogP contribution >= 0.6 is 0 Å². The minimum absolute atomic E-state index is 0. The number of nitrogens with one attached hydrogen (secondary N) is 4. The Hall–Kier alpha value is -6.84. The van der Waals surface area contributed by atoms with Crippen molar-refractivity contribution in [1.29, 1.82) is 0 Å². The van der Waals surface area contributed by atoms with Gasteiger partial charge in [0.05, 0.1) is 48.8 Å². The van der Waals surface area contributed by atoms with Gasteiger partial charge in [-0.1, -0.05) is 129 Å². The summed E-state index contributed by atoms with van der Waals surface area (Å²) in [5.74, 6) is 0.562. The Kier molecular flexibility index (Phi) is 19.4. The molecule has 4 N–H and O–H groups in total. The van der Waals surface area contributed by atoms with E-state index < -0.39 is 0 Å². The summed E-state index contributed by atoms with van der Waals surface area (Å²) < 4.78 is 80.3. The summed E-state index contributed by atoms with van der Waals surface area (Å²) in [6.07, 6.45) is 7.97. The lowest BCUT2D eigenvalue weighted by Gasteiger charge is -2.19. The van der Waals surface area contributed by atoms with Gasteiger partial charge in [0.25, 0.3) is 0 Å². The molecule has 8 aromatic rings. The molecule has 12 atom stereocenters. The molecule has 0 unspecified atom stereocenters. The first-order valence-corrected chi connectivity index (χ1v) is 31.7. The molecule has 0 spiro atoms. The SMILES string of the molecule is C.CNC[C@@H]1C[C@@H]2c3ccccc3Cc3ccc(F)cc3[C@H]2O1.CNC[C@@H]1C[C@H]2c3ccccc3Cc3ccc(F)cc3[C@@H]2O1.CNC[C@H]1C[C@@H]2c3ccccc3Cc3ccc(F)cc3[C@H]2O1.CNC[C@H]1C[C@H]2c3ccccc3Cc3ccc(F)cc3[C@@H]2O1. The average Bonchev–Trinajstić information content (AvgIpc) is 1.81. The second kappa shape index (κ2) is 27.7. The average molecular weight is 1210 g/mol. The standard InChI is InChI=1S/4C19H20FNO.CH4/c4*1-21-11-15-10-18-16-5-3-2-4-12(16)8-13-6-7-14(20)9-17(13)19(18)22-15;/h4*2-7,9,15,18-19,21H,8,10-11H2,1H3;1H4/t2*15-,18+,19+;2*15-,18-,19-;/m1010./s1. The van der Waals surface area contributed by atoms with Crippen molar-refractivity contribution in [3.05, 3.63) is 282 Å². The van der Waals surface area contributed by atoms with Gasteiger partial charge in [0.2, 0.25) is 0 Å². The van der Waals surface area contributed by atoms with Crippen molar-refractivity contribution < 1.29 is 36.5 Å². The molecule has 0 amide bonds. The highest BCUT2D eigenvalue weighted by atomic mass is 19.1. The van der Waals surface area contributed by atoms with Crippen LogP contribution in [0.4, 0.5) is 17.6 Å². The van der Waals surface area contributed by atoms with Crippen molar-refractivity contribution in [2.45, 2.75) is 131 Å². The van der Waals surface area contributed by atoms with Crippen LogP contribution in [-0.4, -0.2) is 78.8 Å². The van der Waals surface area contributed by atoms with E-state index in [0.717, 1.165) is 99.8 Å². The highest BCUT2D eigenvalue weighted by molar-refractivity contribution is 5.50. The Morgan fingerprint density at radius 3 is 0.708 bits per heavy atom. The maximum atomic E-state index is 13.8. The van der Waals surface area contributed by atoms with Crippen LogP contribution in [-0.2, 0) is 44.6 Å². The second-order valence-corrected chi connectivity index (χ2v) is 25.2. The van der Waals surface area contributed by atoms with E-state index in [9.17, 15) is 17.6 Å². The van der Waals surface area contributed by atoms with Crippen LogP contribution in [0.2, 0.25) is 0 Å². The van der Waals surface area contributed by atoms with E-state index >= 15 is 0 Å². The molecule has 8 aliphatic rings. The number of hydrogen-bond donors (Lipinski definition) is 4. The van der Waals surface area contributed by atoms with E-state index in [-0.39, 0.29) is 79.5 Å². The van der Waals surface area contributed by atoms with Crippen molar-refractivity contribution in [1.82, 2.24) is 21.3 Å². The summed E-state index contributed by atoms with van der Waals surface area (Å²) >= 11 is 0. The highest BCUT2D eigenvalue weighted by Gasteiger charge is 2.44. The van der Waals surface area contributed by atoms with Crippen LogP contribution in [0, 0.1) is 23.3 Å². The van der Waals surface area contributed by atoms with Crippen molar-refractivity contribution in [2.75, 3.05) is 54.4 Å². The first-order valence-electron chi connectivity index (χ1n) is 31.7. The Morgan fingerprint density at radius 2 is 0.494 bits per heavy atom. The molecule has 16 rings (SSSR count). The number of benzene rings is 8. The Balaban J connectivity index is 0.000000115. The molecular formula is C77H84F4N4O4. The van der Waals surface area contributed by atoms with Crippen LogP contribution in [0.25, 0.3) is 0 Å². The normalized spacial score (nSPS) is 25.7. The van der Waals surface area contributed by atoms with Crippen molar-refractivity contribution in [3.8, 4) is 0 Å². The van der Waals surface area contributed by atoms with Crippen LogP contribution in [0.15, 0.2) is 170 Å². The van der Waals surface area contributed by atoms with Gasteiger partial charge in [-0.25, -0.2) is 17.6 Å². The minimum atomic E-state index is -0.177. The van der Waals surface area contributed by atoms with Gasteiger partial charge in [-0.3, -0.25) is 0 Å². The summed E-state index contributed by atoms with van der Waals surface area (Å²) in [6, 6.07) is 54.9. The van der Waals surface area contributed by atoms with Gasteiger partial charge in [-0.2, -0.15) is 0 Å². The van der Waals surface area contributed by atoms with Crippen molar-refractivity contribution in [3.63, 3.8) is 0 Å². The molecule has 0 radical (unpaired) electrons. The molecule has 12 heteroatoms. The summed E-state index contributed by atoms with van der Waals surface area (Å²) in [6.45, 7) is 3.33. The quantitative estimate of drug-likeness (QED) is 0.112. The molecule has 464 valence electrons. The number of rotatable bonds is 8. The summed E-state index contributed by atoms with van der Waals surface area (Å²) in [4.78, 5) is 0. The van der Waals surface area contributed by atoms with Gasteiger partial charge < -0.3 is 40.2 Å². The Labute approximate surface area is 523 Å². The van der Waals surface area contributed by atoms with Crippen LogP contribution in [0.1, 0.15) is 170 Å². The monoisotopic (exact) mass is 1200 g/mol. The first kappa shape index (κ1) is 62.4. The third-order valence-corrected chi connectivity index (χ3v) is 19.6. The summed E-state index contributed by atoms with van der Waals surface area (Å²) in [5, 5.41) is 12.8. The van der Waals surface area contributed by atoms with E-state index in [4.69, 9.17) is 18.9 Å². The lowest BCUT2D eigenvalue weighted by atomic mass is 9.87. The number of hydrogen-bond acceptors (Lipinski definition) is 8.